The van der Waals surface area contributed by atoms with E-state index in [1.54, 1.807) is 0 Å². The van der Waals surface area contributed by atoms with Crippen molar-refractivity contribution in [3.05, 3.63) is 24.3 Å². The Hall–Kier alpha value is -1.55. The van der Waals surface area contributed by atoms with E-state index in [-0.39, 0.29) is 12.8 Å². The van der Waals surface area contributed by atoms with Crippen molar-refractivity contribution in [2.24, 2.45) is 0 Å². The molecular weight excluding hydrogens is 671 g/mol. The number of aliphatic hydroxyl groups excluding tert-OH is 2. The number of phosphoric ester groups is 1. The third-order valence-corrected chi connectivity index (χ3v) is 9.62. The number of carbonyl (C=O) groups is 2. The topological polar surface area (TPSA) is 149 Å². The number of unbranched alkanes of at least 4 members (excludes halogenated alkanes) is 20. The number of hydrogen-bond acceptors (Lipinski definition) is 9. The van der Waals surface area contributed by atoms with E-state index in [2.05, 4.69) is 38.2 Å². The Kier molecular flexibility index (Phi) is 35.7. The van der Waals surface area contributed by atoms with Gasteiger partial charge in [-0.15, -0.1) is 0 Å². The predicted octanol–water partition coefficient (Wildman–Crippen LogP) is 10.2. The van der Waals surface area contributed by atoms with Gasteiger partial charge in [-0.25, -0.2) is 4.57 Å². The second kappa shape index (κ2) is 36.8. The highest BCUT2D eigenvalue weighted by Gasteiger charge is 2.27. The zero-order valence-electron chi connectivity index (χ0n) is 32.3. The molecule has 3 unspecified atom stereocenters. The fraction of sp³-hybridized carbons (Fsp3) is 0.850. The molecule has 10 nitrogen and oxygen atoms in total. The van der Waals surface area contributed by atoms with Crippen LogP contribution in [0.1, 0.15) is 181 Å². The maximum absolute atomic E-state index is 12.3. The Morgan fingerprint density at radius 2 is 0.863 bits per heavy atom. The van der Waals surface area contributed by atoms with E-state index in [1.165, 1.54) is 77.0 Å². The fourth-order valence-corrected chi connectivity index (χ4v) is 6.28. The number of allylic oxidation sites excluding steroid dienone is 4. The van der Waals surface area contributed by atoms with Crippen LogP contribution in [0.4, 0.5) is 0 Å². The summed E-state index contributed by atoms with van der Waals surface area (Å²) in [5.74, 6) is -1.03. The van der Waals surface area contributed by atoms with Gasteiger partial charge in [0.25, 0.3) is 0 Å². The van der Waals surface area contributed by atoms with Crippen LogP contribution >= 0.6 is 7.82 Å². The standard InChI is InChI=1S/C40H75O10P/c1-3-5-7-9-11-13-15-17-18-20-22-24-26-28-30-32-40(44)50-38(34-42)36-48-51(45,46)47-35-37(33-41)49-39(43)31-29-27-25-23-21-19-16-14-12-10-8-6-4-2/h11,13,17-18,37-38,41-42H,3-10,12,14-16,19-36H2,1-2H3,(H,45,46)/b13-11-,18-17-. The number of aliphatic hydroxyl groups is 2. The van der Waals surface area contributed by atoms with Crippen LogP contribution in [0.5, 0.6) is 0 Å². The first kappa shape index (κ1) is 49.5. The molecule has 300 valence electrons. The van der Waals surface area contributed by atoms with Crippen LogP contribution in [0.15, 0.2) is 24.3 Å². The van der Waals surface area contributed by atoms with Gasteiger partial charge >= 0.3 is 19.8 Å². The lowest BCUT2D eigenvalue weighted by Gasteiger charge is -2.20. The summed E-state index contributed by atoms with van der Waals surface area (Å²) in [7, 11) is -4.63. The molecule has 0 rings (SSSR count). The van der Waals surface area contributed by atoms with Crippen LogP contribution in [0.25, 0.3) is 0 Å². The molecule has 0 aliphatic heterocycles. The normalized spacial score (nSPS) is 14.2. The number of ether oxygens (including phenoxy) is 2. The van der Waals surface area contributed by atoms with Crippen LogP contribution in [-0.4, -0.2) is 65.7 Å². The number of phosphoric acid groups is 1. The van der Waals surface area contributed by atoms with E-state index in [4.69, 9.17) is 18.5 Å². The van der Waals surface area contributed by atoms with E-state index >= 15 is 0 Å². The number of esters is 2. The Balaban J connectivity index is 3.97. The molecule has 0 saturated heterocycles. The summed E-state index contributed by atoms with van der Waals surface area (Å²) in [6.45, 7) is 2.16. The molecular formula is C40H75O10P. The molecule has 0 aromatic heterocycles. The van der Waals surface area contributed by atoms with Gasteiger partial charge in [0.05, 0.1) is 26.4 Å². The third-order valence-electron chi connectivity index (χ3n) is 8.67. The Morgan fingerprint density at radius 1 is 0.529 bits per heavy atom. The van der Waals surface area contributed by atoms with Gasteiger partial charge in [0.1, 0.15) is 12.2 Å². The maximum Gasteiger partial charge on any atom is 0.472 e. The van der Waals surface area contributed by atoms with Crippen LogP contribution in [-0.2, 0) is 32.7 Å². The van der Waals surface area contributed by atoms with Crippen LogP contribution in [0, 0.1) is 0 Å². The minimum Gasteiger partial charge on any atom is -0.457 e. The molecule has 3 N–H and O–H groups in total. The molecule has 0 aliphatic carbocycles. The molecule has 11 heteroatoms. The Labute approximate surface area is 310 Å². The van der Waals surface area contributed by atoms with Crippen molar-refractivity contribution < 1.29 is 47.8 Å². The van der Waals surface area contributed by atoms with Gasteiger partial charge in [0, 0.05) is 12.8 Å². The predicted molar refractivity (Wildman–Crippen MR) is 205 cm³/mol. The zero-order chi connectivity index (χ0) is 37.7. The van der Waals surface area contributed by atoms with Crippen molar-refractivity contribution in [3.8, 4) is 0 Å². The number of carbonyl (C=O) groups excluding carboxylic acids is 2. The van der Waals surface area contributed by atoms with Crippen molar-refractivity contribution in [1.82, 2.24) is 0 Å². The zero-order valence-corrected chi connectivity index (χ0v) is 33.2. The average molecular weight is 747 g/mol. The van der Waals surface area contributed by atoms with Gasteiger partial charge in [0.15, 0.2) is 0 Å². The summed E-state index contributed by atoms with van der Waals surface area (Å²) in [5, 5.41) is 19.1. The molecule has 0 bridgehead atoms. The lowest BCUT2D eigenvalue weighted by Crippen LogP contribution is -2.28. The molecule has 51 heavy (non-hydrogen) atoms. The smallest absolute Gasteiger partial charge is 0.457 e. The van der Waals surface area contributed by atoms with E-state index in [1.807, 2.05) is 0 Å². The SMILES string of the molecule is CCCCC/C=C\C/C=C\CCCCCCCC(=O)OC(CO)COP(=O)(O)OCC(CO)OC(=O)CCCCCCCCCCCCCCC. The summed E-state index contributed by atoms with van der Waals surface area (Å²) in [4.78, 5) is 34.4. The minimum atomic E-state index is -4.63. The molecule has 0 saturated carbocycles. The van der Waals surface area contributed by atoms with Crippen molar-refractivity contribution in [2.45, 2.75) is 193 Å². The van der Waals surface area contributed by atoms with Crippen molar-refractivity contribution >= 4 is 19.8 Å². The molecule has 0 aliphatic rings. The summed E-state index contributed by atoms with van der Waals surface area (Å²) < 4.78 is 32.5. The minimum absolute atomic E-state index is 0.178. The molecule has 0 spiro atoms. The van der Waals surface area contributed by atoms with Gasteiger partial charge in [-0.1, -0.05) is 147 Å². The van der Waals surface area contributed by atoms with Crippen LogP contribution < -0.4 is 0 Å². The average Bonchev–Trinajstić information content (AvgIpc) is 3.12. The Morgan fingerprint density at radius 3 is 1.25 bits per heavy atom. The molecule has 0 amide bonds. The largest absolute Gasteiger partial charge is 0.472 e. The van der Waals surface area contributed by atoms with Gasteiger partial charge in [0.2, 0.25) is 0 Å². The van der Waals surface area contributed by atoms with Crippen LogP contribution in [0.3, 0.4) is 0 Å². The first-order valence-electron chi connectivity index (χ1n) is 20.3. The molecule has 0 heterocycles. The van der Waals surface area contributed by atoms with Crippen molar-refractivity contribution in [2.75, 3.05) is 26.4 Å². The summed E-state index contributed by atoms with van der Waals surface area (Å²) >= 11 is 0. The quantitative estimate of drug-likeness (QED) is 0.0241. The van der Waals surface area contributed by atoms with E-state index in [0.29, 0.717) is 12.8 Å². The summed E-state index contributed by atoms with van der Waals surface area (Å²) in [6, 6.07) is 0. The van der Waals surface area contributed by atoms with E-state index in [0.717, 1.165) is 64.2 Å². The van der Waals surface area contributed by atoms with Crippen molar-refractivity contribution in [1.29, 1.82) is 0 Å². The highest BCUT2D eigenvalue weighted by atomic mass is 31.2. The monoisotopic (exact) mass is 747 g/mol. The first-order chi connectivity index (χ1) is 24.8. The second-order valence-electron chi connectivity index (χ2n) is 13.6. The summed E-state index contributed by atoms with van der Waals surface area (Å²) in [6.07, 6.45) is 34.3. The first-order valence-corrected chi connectivity index (χ1v) is 21.8. The van der Waals surface area contributed by atoms with Gasteiger partial charge in [-0.2, -0.15) is 0 Å². The van der Waals surface area contributed by atoms with E-state index < -0.39 is 58.4 Å². The van der Waals surface area contributed by atoms with Gasteiger partial charge < -0.3 is 24.6 Å². The highest BCUT2D eigenvalue weighted by Crippen LogP contribution is 2.43. The molecule has 0 radical (unpaired) electrons. The van der Waals surface area contributed by atoms with Gasteiger partial charge in [-0.05, 0) is 44.9 Å². The number of hydrogen-bond donors (Lipinski definition) is 3. The maximum atomic E-state index is 12.3. The fourth-order valence-electron chi connectivity index (χ4n) is 5.50. The molecule has 0 aromatic rings. The second-order valence-corrected chi connectivity index (χ2v) is 15.1. The van der Waals surface area contributed by atoms with E-state index in [9.17, 15) is 29.3 Å². The van der Waals surface area contributed by atoms with Gasteiger partial charge in [-0.3, -0.25) is 18.6 Å². The molecule has 3 atom stereocenters. The Bertz CT molecular complexity index is 910. The summed E-state index contributed by atoms with van der Waals surface area (Å²) in [5.41, 5.74) is 0. The lowest BCUT2D eigenvalue weighted by molar-refractivity contribution is -0.153. The molecule has 0 aromatic carbocycles. The number of rotatable bonds is 38. The lowest BCUT2D eigenvalue weighted by atomic mass is 10.0. The van der Waals surface area contributed by atoms with Crippen LogP contribution in [0.2, 0.25) is 0 Å². The van der Waals surface area contributed by atoms with Crippen molar-refractivity contribution in [3.63, 3.8) is 0 Å². The molecule has 0 fully saturated rings. The highest BCUT2D eigenvalue weighted by molar-refractivity contribution is 7.47. The third kappa shape index (κ3) is 35.3.